The van der Waals surface area contributed by atoms with Crippen molar-refractivity contribution in [1.29, 1.82) is 0 Å². The lowest BCUT2D eigenvalue weighted by Gasteiger charge is -2.09. The fraction of sp³-hybridized carbons (Fsp3) is 0.500. The van der Waals surface area contributed by atoms with E-state index >= 15 is 0 Å². The van der Waals surface area contributed by atoms with Gasteiger partial charge in [-0.15, -0.1) is 0 Å². The Morgan fingerprint density at radius 1 is 1.33 bits per heavy atom. The molecule has 0 fully saturated rings. The summed E-state index contributed by atoms with van der Waals surface area (Å²) >= 11 is 0. The molecule has 0 spiro atoms. The third kappa shape index (κ3) is 2.91. The molecule has 0 aliphatic rings. The van der Waals surface area contributed by atoms with Gasteiger partial charge in [0.15, 0.2) is 5.78 Å². The Morgan fingerprint density at radius 2 is 1.83 bits per heavy atom. The highest BCUT2D eigenvalue weighted by atomic mass is 16.1. The monoisotopic (exact) mass is 167 g/mol. The van der Waals surface area contributed by atoms with Crippen molar-refractivity contribution in [1.82, 2.24) is 5.32 Å². The molecule has 0 heterocycles. The Bertz CT molecular complexity index is 210. The zero-order chi connectivity index (χ0) is 9.72. The van der Waals surface area contributed by atoms with Gasteiger partial charge >= 0.3 is 0 Å². The van der Waals surface area contributed by atoms with Gasteiger partial charge in [-0.3, -0.25) is 4.79 Å². The first kappa shape index (κ1) is 11.0. The molecule has 0 radical (unpaired) electrons. The molecular formula is C10H17NO. The van der Waals surface area contributed by atoms with E-state index < -0.39 is 0 Å². The van der Waals surface area contributed by atoms with Crippen molar-refractivity contribution in [3.05, 3.63) is 23.4 Å². The lowest BCUT2D eigenvalue weighted by molar-refractivity contribution is -0.113. The number of carbonyl (C=O) groups excluding carboxylic acids is 1. The molecule has 0 amide bonds. The van der Waals surface area contributed by atoms with Crippen molar-refractivity contribution >= 4 is 5.78 Å². The first-order chi connectivity index (χ1) is 5.50. The number of nitrogens with one attached hydrogen (secondary N) is 1. The number of allylic oxidation sites excluding steroid dienone is 3. The van der Waals surface area contributed by atoms with Gasteiger partial charge in [-0.2, -0.15) is 0 Å². The van der Waals surface area contributed by atoms with Crippen molar-refractivity contribution in [3.8, 4) is 0 Å². The van der Waals surface area contributed by atoms with Gasteiger partial charge < -0.3 is 5.32 Å². The molecule has 0 unspecified atom stereocenters. The normalized spacial score (nSPS) is 12.0. The molecule has 0 saturated heterocycles. The summed E-state index contributed by atoms with van der Waals surface area (Å²) in [6, 6.07) is 0. The summed E-state index contributed by atoms with van der Waals surface area (Å²) in [5.74, 6) is 0.0703. The van der Waals surface area contributed by atoms with Crippen LogP contribution >= 0.6 is 0 Å². The molecule has 12 heavy (non-hydrogen) atoms. The summed E-state index contributed by atoms with van der Waals surface area (Å²) in [4.78, 5) is 11.1. The van der Waals surface area contributed by atoms with E-state index in [2.05, 4.69) is 11.9 Å². The maximum absolute atomic E-state index is 11.1. The van der Waals surface area contributed by atoms with Crippen LogP contribution in [0.25, 0.3) is 0 Å². The Kier molecular flexibility index (Phi) is 4.34. The molecule has 0 aromatic carbocycles. The fourth-order valence-electron chi connectivity index (χ4n) is 1.24. The van der Waals surface area contributed by atoms with Gasteiger partial charge in [0, 0.05) is 17.8 Å². The molecule has 0 aromatic rings. The number of carbonyl (C=O) groups is 1. The van der Waals surface area contributed by atoms with Crippen LogP contribution in [0.3, 0.4) is 0 Å². The summed E-state index contributed by atoms with van der Waals surface area (Å²) in [6.07, 6.45) is 0. The second-order valence-corrected chi connectivity index (χ2v) is 2.87. The predicted molar refractivity (Wildman–Crippen MR) is 51.9 cm³/mol. The second kappa shape index (κ2) is 4.75. The van der Waals surface area contributed by atoms with Crippen molar-refractivity contribution in [3.63, 3.8) is 0 Å². The van der Waals surface area contributed by atoms with E-state index in [9.17, 15) is 4.79 Å². The van der Waals surface area contributed by atoms with Crippen LogP contribution < -0.4 is 5.32 Å². The van der Waals surface area contributed by atoms with Crippen LogP contribution in [0.1, 0.15) is 27.7 Å². The molecule has 2 nitrogen and oxygen atoms in total. The molecule has 0 saturated carbocycles. The highest BCUT2D eigenvalue weighted by molar-refractivity contribution is 5.97. The number of hydrogen-bond acceptors (Lipinski definition) is 2. The minimum atomic E-state index is 0.0703. The molecule has 1 N–H and O–H groups in total. The topological polar surface area (TPSA) is 29.1 Å². The van der Waals surface area contributed by atoms with E-state index in [0.717, 1.165) is 23.4 Å². The fourth-order valence-corrected chi connectivity index (χ4v) is 1.24. The molecule has 0 rings (SSSR count). The maximum Gasteiger partial charge on any atom is 0.161 e. The standard InChI is InChI=1S/C10H17NO/c1-6-11-8(4)10(7(2)3)9(5)12/h11H,2,6H2,1,3-5H3/b10-8+. The van der Waals surface area contributed by atoms with E-state index in [-0.39, 0.29) is 5.78 Å². The van der Waals surface area contributed by atoms with Gasteiger partial charge in [0.05, 0.1) is 0 Å². The lowest BCUT2D eigenvalue weighted by atomic mass is 10.0. The molecule has 0 aromatic heterocycles. The van der Waals surface area contributed by atoms with Gasteiger partial charge in [0.2, 0.25) is 0 Å². The average molecular weight is 167 g/mol. The van der Waals surface area contributed by atoms with E-state index in [1.165, 1.54) is 0 Å². The molecule has 0 bridgehead atoms. The Morgan fingerprint density at radius 3 is 2.08 bits per heavy atom. The minimum absolute atomic E-state index is 0.0703. The minimum Gasteiger partial charge on any atom is -0.388 e. The van der Waals surface area contributed by atoms with Crippen LogP contribution in [0.15, 0.2) is 23.4 Å². The summed E-state index contributed by atoms with van der Waals surface area (Å²) < 4.78 is 0. The van der Waals surface area contributed by atoms with Crippen molar-refractivity contribution < 1.29 is 4.79 Å². The van der Waals surface area contributed by atoms with E-state index in [0.29, 0.717) is 0 Å². The zero-order valence-electron chi connectivity index (χ0n) is 8.32. The first-order valence-corrected chi connectivity index (χ1v) is 4.12. The second-order valence-electron chi connectivity index (χ2n) is 2.87. The van der Waals surface area contributed by atoms with Crippen molar-refractivity contribution in [2.75, 3.05) is 6.54 Å². The predicted octanol–water partition coefficient (Wildman–Crippen LogP) is 2.03. The quantitative estimate of drug-likeness (QED) is 0.513. The number of rotatable bonds is 4. The molecule has 68 valence electrons. The van der Waals surface area contributed by atoms with E-state index in [1.807, 2.05) is 20.8 Å². The third-order valence-corrected chi connectivity index (χ3v) is 1.60. The van der Waals surface area contributed by atoms with Crippen LogP contribution in [-0.4, -0.2) is 12.3 Å². The van der Waals surface area contributed by atoms with Gasteiger partial charge in [-0.1, -0.05) is 6.58 Å². The summed E-state index contributed by atoms with van der Waals surface area (Å²) in [5, 5.41) is 3.11. The largest absolute Gasteiger partial charge is 0.388 e. The summed E-state index contributed by atoms with van der Waals surface area (Å²) in [7, 11) is 0. The Labute approximate surface area is 74.4 Å². The molecule has 0 aliphatic carbocycles. The SMILES string of the molecule is C=C(C)/C(C(C)=O)=C(/C)NCC. The van der Waals surface area contributed by atoms with Gasteiger partial charge in [-0.25, -0.2) is 0 Å². The van der Waals surface area contributed by atoms with Crippen molar-refractivity contribution in [2.24, 2.45) is 0 Å². The van der Waals surface area contributed by atoms with Crippen LogP contribution in [-0.2, 0) is 4.79 Å². The number of Topliss-reactive ketones (excluding diaryl/α,β-unsaturated/α-hetero) is 1. The lowest BCUT2D eigenvalue weighted by Crippen LogP contribution is -2.15. The maximum atomic E-state index is 11.1. The van der Waals surface area contributed by atoms with E-state index in [4.69, 9.17) is 0 Å². The third-order valence-electron chi connectivity index (χ3n) is 1.60. The number of ketones is 1. The van der Waals surface area contributed by atoms with Crippen LogP contribution in [0.5, 0.6) is 0 Å². The van der Waals surface area contributed by atoms with Crippen LogP contribution in [0.2, 0.25) is 0 Å². The molecule has 0 atom stereocenters. The average Bonchev–Trinajstić information content (AvgIpc) is 1.85. The van der Waals surface area contributed by atoms with Gasteiger partial charge in [0.25, 0.3) is 0 Å². The Hall–Kier alpha value is -1.05. The molecule has 2 heteroatoms. The molecular weight excluding hydrogens is 150 g/mol. The highest BCUT2D eigenvalue weighted by Crippen LogP contribution is 2.11. The number of hydrogen-bond donors (Lipinski definition) is 1. The summed E-state index contributed by atoms with van der Waals surface area (Å²) in [5.41, 5.74) is 2.45. The van der Waals surface area contributed by atoms with Gasteiger partial charge in [0.1, 0.15) is 0 Å². The van der Waals surface area contributed by atoms with Crippen molar-refractivity contribution in [2.45, 2.75) is 27.7 Å². The first-order valence-electron chi connectivity index (χ1n) is 4.12. The van der Waals surface area contributed by atoms with E-state index in [1.54, 1.807) is 6.92 Å². The van der Waals surface area contributed by atoms with Crippen LogP contribution in [0.4, 0.5) is 0 Å². The van der Waals surface area contributed by atoms with Gasteiger partial charge in [-0.05, 0) is 33.3 Å². The van der Waals surface area contributed by atoms with Crippen LogP contribution in [0, 0.1) is 0 Å². The molecule has 0 aliphatic heterocycles. The summed E-state index contributed by atoms with van der Waals surface area (Å²) in [6.45, 7) is 11.9. The smallest absolute Gasteiger partial charge is 0.161 e. The Balaban J connectivity index is 4.80. The highest BCUT2D eigenvalue weighted by Gasteiger charge is 2.07. The zero-order valence-corrected chi connectivity index (χ0v) is 8.32.